The van der Waals surface area contributed by atoms with E-state index in [0.717, 1.165) is 5.56 Å². The van der Waals surface area contributed by atoms with Gasteiger partial charge in [-0.05, 0) is 59.7 Å². The zero-order valence-electron chi connectivity index (χ0n) is 23.3. The van der Waals surface area contributed by atoms with Gasteiger partial charge in [-0.3, -0.25) is 24.3 Å². The number of nitrogens with zero attached hydrogens (tertiary/aromatic N) is 5. The fraction of sp³-hybridized carbons (Fsp3) is 0.188. The highest BCUT2D eigenvalue weighted by Crippen LogP contribution is 2.30. The van der Waals surface area contributed by atoms with Gasteiger partial charge in [-0.1, -0.05) is 61.5 Å². The number of nitrogens with one attached hydrogen (secondary N) is 2. The molecular weight excluding hydrogens is 530 g/mol. The molecule has 0 aliphatic heterocycles. The fourth-order valence-electron chi connectivity index (χ4n) is 4.51. The summed E-state index contributed by atoms with van der Waals surface area (Å²) in [6, 6.07) is 26.2. The highest BCUT2D eigenvalue weighted by Gasteiger charge is 2.33. The first-order valence-corrected chi connectivity index (χ1v) is 13.6. The summed E-state index contributed by atoms with van der Waals surface area (Å²) in [6.45, 7) is 3.76. The van der Waals surface area contributed by atoms with Crippen LogP contribution in [0.25, 0.3) is 11.0 Å². The summed E-state index contributed by atoms with van der Waals surface area (Å²) in [5.41, 5.74) is 3.94. The van der Waals surface area contributed by atoms with Crippen molar-refractivity contribution in [2.75, 3.05) is 10.2 Å². The number of fused-ring (bicyclic) bond motifs is 1. The maximum absolute atomic E-state index is 14.2. The molecule has 0 saturated carbocycles. The lowest BCUT2D eigenvalue weighted by Gasteiger charge is -2.31. The van der Waals surface area contributed by atoms with Crippen LogP contribution in [0, 0.1) is 5.92 Å². The van der Waals surface area contributed by atoms with Crippen LogP contribution in [0.3, 0.4) is 0 Å². The highest BCUT2D eigenvalue weighted by atomic mass is 16.2. The molecule has 10 heteroatoms. The molecule has 1 atom stereocenters. The second-order valence-electron chi connectivity index (χ2n) is 10.1. The van der Waals surface area contributed by atoms with Crippen molar-refractivity contribution in [1.29, 1.82) is 0 Å². The molecule has 0 radical (unpaired) electrons. The molecule has 0 aliphatic carbocycles. The second-order valence-corrected chi connectivity index (χ2v) is 10.1. The molecule has 10 nitrogen and oxygen atoms in total. The van der Waals surface area contributed by atoms with Crippen LogP contribution in [-0.4, -0.2) is 37.7 Å². The van der Waals surface area contributed by atoms with E-state index in [1.54, 1.807) is 48.8 Å². The van der Waals surface area contributed by atoms with Gasteiger partial charge in [-0.15, -0.1) is 5.10 Å². The molecule has 5 aromatic rings. The first kappa shape index (κ1) is 28.2. The van der Waals surface area contributed by atoms with Crippen LogP contribution in [0.5, 0.6) is 0 Å². The Bertz CT molecular complexity index is 1670. The van der Waals surface area contributed by atoms with E-state index in [0.29, 0.717) is 28.0 Å². The Kier molecular flexibility index (Phi) is 8.62. The monoisotopic (exact) mass is 561 g/mol. The van der Waals surface area contributed by atoms with Gasteiger partial charge in [0.2, 0.25) is 17.7 Å². The average molecular weight is 562 g/mol. The third kappa shape index (κ3) is 6.49. The van der Waals surface area contributed by atoms with Crippen molar-refractivity contribution in [3.63, 3.8) is 0 Å². The molecule has 2 heterocycles. The van der Waals surface area contributed by atoms with Crippen LogP contribution in [0.4, 0.5) is 11.4 Å². The molecule has 3 amide bonds. The predicted molar refractivity (Wildman–Crippen MR) is 160 cm³/mol. The molecule has 2 aromatic heterocycles. The average Bonchev–Trinajstić information content (AvgIpc) is 3.42. The van der Waals surface area contributed by atoms with Crippen molar-refractivity contribution in [2.45, 2.75) is 33.0 Å². The summed E-state index contributed by atoms with van der Waals surface area (Å²) in [6.07, 6.45) is 3.18. The number of hydrogen-bond donors (Lipinski definition) is 2. The Hall–Kier alpha value is -5.38. The normalized spacial score (nSPS) is 11.7. The van der Waals surface area contributed by atoms with Crippen LogP contribution in [0.15, 0.2) is 103 Å². The topological polar surface area (TPSA) is 122 Å². The van der Waals surface area contributed by atoms with Crippen molar-refractivity contribution >= 4 is 40.1 Å². The van der Waals surface area contributed by atoms with Gasteiger partial charge in [0.15, 0.2) is 0 Å². The van der Waals surface area contributed by atoms with E-state index in [9.17, 15) is 14.4 Å². The Morgan fingerprint density at radius 1 is 0.833 bits per heavy atom. The number of aromatic nitrogens is 4. The van der Waals surface area contributed by atoms with Gasteiger partial charge in [-0.2, -0.15) is 0 Å². The summed E-state index contributed by atoms with van der Waals surface area (Å²) < 4.78 is 1.52. The first-order chi connectivity index (χ1) is 20.4. The van der Waals surface area contributed by atoms with Gasteiger partial charge >= 0.3 is 0 Å². The lowest BCUT2D eigenvalue weighted by atomic mass is 10.0. The Morgan fingerprint density at radius 3 is 2.24 bits per heavy atom. The largest absolute Gasteiger partial charge is 0.350 e. The van der Waals surface area contributed by atoms with Gasteiger partial charge in [0.1, 0.15) is 18.1 Å². The minimum Gasteiger partial charge on any atom is -0.350 e. The zero-order chi connectivity index (χ0) is 29.5. The number of benzene rings is 3. The fourth-order valence-corrected chi connectivity index (χ4v) is 4.51. The summed E-state index contributed by atoms with van der Waals surface area (Å²) >= 11 is 0. The van der Waals surface area contributed by atoms with E-state index >= 15 is 0 Å². The quantitative estimate of drug-likeness (QED) is 0.259. The number of rotatable bonds is 10. The van der Waals surface area contributed by atoms with E-state index in [1.807, 2.05) is 68.4 Å². The van der Waals surface area contributed by atoms with Gasteiger partial charge in [-0.25, -0.2) is 4.68 Å². The van der Waals surface area contributed by atoms with Crippen LogP contribution in [-0.2, 0) is 27.5 Å². The maximum atomic E-state index is 14.2. The van der Waals surface area contributed by atoms with Gasteiger partial charge in [0, 0.05) is 36.2 Å². The smallest absolute Gasteiger partial charge is 0.249 e. The number of para-hydroxylation sites is 1. The van der Waals surface area contributed by atoms with Crippen molar-refractivity contribution in [2.24, 2.45) is 5.92 Å². The minimum absolute atomic E-state index is 0.122. The molecule has 5 rings (SSSR count). The van der Waals surface area contributed by atoms with Crippen LogP contribution in [0.2, 0.25) is 0 Å². The Morgan fingerprint density at radius 2 is 1.52 bits per heavy atom. The maximum Gasteiger partial charge on any atom is 0.249 e. The zero-order valence-corrected chi connectivity index (χ0v) is 23.3. The van der Waals surface area contributed by atoms with Crippen LogP contribution >= 0.6 is 0 Å². The number of amides is 3. The molecule has 3 aromatic carbocycles. The third-order valence-electron chi connectivity index (χ3n) is 6.75. The third-order valence-corrected chi connectivity index (χ3v) is 6.75. The standard InChI is InChI=1S/C32H31N7O3/c1-22(2)31(41)35-25-12-14-26(15-13-25)39(29(40)21-38-28-11-7-6-10-27(28)36-37-38)30(24-16-18-33-19-17-24)32(42)34-20-23-8-4-3-5-9-23/h3-19,22,30H,20-21H2,1-2H3,(H,34,42)(H,35,41). The molecule has 0 aliphatic rings. The van der Waals surface area contributed by atoms with E-state index in [1.165, 1.54) is 9.58 Å². The number of pyridine rings is 1. The van der Waals surface area contributed by atoms with Crippen molar-refractivity contribution in [1.82, 2.24) is 25.3 Å². The number of anilines is 2. The molecular formula is C32H31N7O3. The molecule has 2 N–H and O–H groups in total. The van der Waals surface area contributed by atoms with E-state index in [-0.39, 0.29) is 36.7 Å². The van der Waals surface area contributed by atoms with Gasteiger partial charge in [0.25, 0.3) is 0 Å². The number of carbonyl (C=O) groups excluding carboxylic acids is 3. The minimum atomic E-state index is -1.02. The lowest BCUT2D eigenvalue weighted by Crippen LogP contribution is -2.45. The summed E-state index contributed by atoms with van der Waals surface area (Å²) in [7, 11) is 0. The van der Waals surface area contributed by atoms with Crippen molar-refractivity contribution in [3.8, 4) is 0 Å². The highest BCUT2D eigenvalue weighted by molar-refractivity contribution is 6.02. The van der Waals surface area contributed by atoms with Gasteiger partial charge < -0.3 is 10.6 Å². The number of hydrogen-bond acceptors (Lipinski definition) is 6. The molecule has 1 unspecified atom stereocenters. The van der Waals surface area contributed by atoms with E-state index in [4.69, 9.17) is 0 Å². The first-order valence-electron chi connectivity index (χ1n) is 13.6. The molecule has 0 saturated heterocycles. The molecule has 0 spiro atoms. The Balaban J connectivity index is 1.53. The van der Waals surface area contributed by atoms with E-state index in [2.05, 4.69) is 25.9 Å². The van der Waals surface area contributed by atoms with Crippen molar-refractivity contribution in [3.05, 3.63) is 115 Å². The second kappa shape index (κ2) is 12.9. The van der Waals surface area contributed by atoms with E-state index < -0.39 is 6.04 Å². The van der Waals surface area contributed by atoms with Crippen molar-refractivity contribution < 1.29 is 14.4 Å². The summed E-state index contributed by atoms with van der Waals surface area (Å²) in [4.78, 5) is 45.9. The summed E-state index contributed by atoms with van der Waals surface area (Å²) in [5.74, 6) is -1.05. The van der Waals surface area contributed by atoms with Gasteiger partial charge in [0.05, 0.1) is 5.52 Å². The van der Waals surface area contributed by atoms with Crippen LogP contribution in [0.1, 0.15) is 31.0 Å². The predicted octanol–water partition coefficient (Wildman–Crippen LogP) is 4.51. The molecule has 212 valence electrons. The number of carbonyl (C=O) groups is 3. The SMILES string of the molecule is CC(C)C(=O)Nc1ccc(N(C(=O)Cn2nnc3ccccc32)C(C(=O)NCc2ccccc2)c2ccncc2)cc1. The summed E-state index contributed by atoms with van der Waals surface area (Å²) in [5, 5.41) is 14.2. The molecule has 0 bridgehead atoms. The Labute approximate surface area is 243 Å². The molecule has 0 fully saturated rings. The molecule has 42 heavy (non-hydrogen) atoms. The van der Waals surface area contributed by atoms with Crippen LogP contribution < -0.4 is 15.5 Å². The lowest BCUT2D eigenvalue weighted by molar-refractivity contribution is -0.127.